The fourth-order valence-electron chi connectivity index (χ4n) is 4.79. The van der Waals surface area contributed by atoms with E-state index in [0.29, 0.717) is 24.0 Å². The fraction of sp³-hybridized carbons (Fsp3) is 0.545. The molecule has 2 heterocycles. The van der Waals surface area contributed by atoms with Crippen LogP contribution in [0, 0.1) is 12.7 Å². The van der Waals surface area contributed by atoms with Crippen LogP contribution in [0.5, 0.6) is 0 Å². The molecule has 4 rings (SSSR count). The number of hydrogen-bond donors (Lipinski definition) is 1. The van der Waals surface area contributed by atoms with Crippen molar-refractivity contribution in [2.24, 2.45) is 0 Å². The van der Waals surface area contributed by atoms with Crippen LogP contribution in [-0.2, 0) is 21.5 Å². The number of hydrogen-bond acceptors (Lipinski definition) is 4. The molecule has 156 valence electrons. The Morgan fingerprint density at radius 2 is 2.14 bits per heavy atom. The minimum Gasteiger partial charge on any atom is -0.481 e. The summed E-state index contributed by atoms with van der Waals surface area (Å²) in [6, 6.07) is 4.76. The Bertz CT molecular complexity index is 878. The highest BCUT2D eigenvalue weighted by molar-refractivity contribution is 5.82. The highest BCUT2D eigenvalue weighted by Crippen LogP contribution is 2.49. The normalized spacial score (nSPS) is 25.4. The van der Waals surface area contributed by atoms with E-state index in [4.69, 9.17) is 4.74 Å². The summed E-state index contributed by atoms with van der Waals surface area (Å²) < 4.78 is 21.4. The van der Waals surface area contributed by atoms with Gasteiger partial charge in [0.25, 0.3) is 0 Å². The van der Waals surface area contributed by atoms with Crippen LogP contribution in [0.4, 0.5) is 4.39 Å². The smallest absolute Gasteiger partial charge is 0.314 e. The second-order valence-electron chi connectivity index (χ2n) is 8.23. The van der Waals surface area contributed by atoms with Crippen molar-refractivity contribution in [2.75, 3.05) is 32.8 Å². The molecule has 2 aliphatic rings. The van der Waals surface area contributed by atoms with Gasteiger partial charge in [0.15, 0.2) is 0 Å². The van der Waals surface area contributed by atoms with Crippen molar-refractivity contribution in [3.05, 3.63) is 53.1 Å². The van der Waals surface area contributed by atoms with Crippen LogP contribution in [0.15, 0.2) is 30.6 Å². The van der Waals surface area contributed by atoms with Crippen LogP contribution in [0.1, 0.15) is 41.9 Å². The van der Waals surface area contributed by atoms with Gasteiger partial charge in [0, 0.05) is 25.8 Å². The summed E-state index contributed by atoms with van der Waals surface area (Å²) in [5, 5.41) is 14.6. The molecule has 1 aliphatic carbocycles. The molecule has 1 saturated heterocycles. The molecule has 2 aromatic rings. The molecule has 0 radical (unpaired) electrons. The second kappa shape index (κ2) is 8.24. The molecule has 6 nitrogen and oxygen atoms in total. The Kier molecular flexibility index (Phi) is 5.69. The molecule has 1 aromatic heterocycles. The van der Waals surface area contributed by atoms with E-state index in [1.165, 1.54) is 6.07 Å². The third kappa shape index (κ3) is 3.94. The molecule has 29 heavy (non-hydrogen) atoms. The molecule has 1 N–H and O–H groups in total. The summed E-state index contributed by atoms with van der Waals surface area (Å²) >= 11 is 0. The van der Waals surface area contributed by atoms with E-state index in [0.717, 1.165) is 51.4 Å². The van der Waals surface area contributed by atoms with Gasteiger partial charge in [0.2, 0.25) is 0 Å². The number of carboxylic acids is 1. The Balaban J connectivity index is 1.47. The van der Waals surface area contributed by atoms with Gasteiger partial charge in [-0.2, -0.15) is 5.10 Å². The fourth-order valence-corrected chi connectivity index (χ4v) is 4.79. The quantitative estimate of drug-likeness (QED) is 0.806. The number of rotatable bonds is 6. The maximum Gasteiger partial charge on any atom is 0.314 e. The lowest BCUT2D eigenvalue weighted by molar-refractivity contribution is -0.143. The summed E-state index contributed by atoms with van der Waals surface area (Å²) in [7, 11) is 0. The van der Waals surface area contributed by atoms with Crippen molar-refractivity contribution in [3.63, 3.8) is 0 Å². The van der Waals surface area contributed by atoms with Crippen LogP contribution in [0.3, 0.4) is 0 Å². The maximum absolute atomic E-state index is 14.1. The van der Waals surface area contributed by atoms with Gasteiger partial charge in [-0.1, -0.05) is 12.1 Å². The number of halogens is 1. The van der Waals surface area contributed by atoms with Crippen molar-refractivity contribution < 1.29 is 19.0 Å². The van der Waals surface area contributed by atoms with Crippen LogP contribution in [0.25, 0.3) is 0 Å². The van der Waals surface area contributed by atoms with E-state index in [2.05, 4.69) is 10.00 Å². The summed E-state index contributed by atoms with van der Waals surface area (Å²) in [4.78, 5) is 14.7. The van der Waals surface area contributed by atoms with Crippen molar-refractivity contribution >= 4 is 5.97 Å². The van der Waals surface area contributed by atoms with Gasteiger partial charge < -0.3 is 9.84 Å². The summed E-state index contributed by atoms with van der Waals surface area (Å²) in [5.74, 6) is -1.10. The molecule has 0 amide bonds. The molecular formula is C22H28FN3O3. The molecule has 1 aromatic carbocycles. The standard InChI is InChI=1S/C22H28FN3O3/c1-16-19(3-2-4-20(16)23)22(21(27)28)6-5-17(13-22)18-14-24-26(15-18)8-7-25-9-11-29-12-10-25/h2-4,14-15,17H,5-13H2,1H3,(H,27,28)/t17-,22+/m1/s1. The van der Waals surface area contributed by atoms with Gasteiger partial charge in [0.1, 0.15) is 5.82 Å². The molecular weight excluding hydrogens is 373 g/mol. The van der Waals surface area contributed by atoms with Gasteiger partial charge in [-0.3, -0.25) is 14.4 Å². The number of benzene rings is 1. The zero-order valence-electron chi connectivity index (χ0n) is 16.8. The largest absolute Gasteiger partial charge is 0.481 e. The average molecular weight is 401 g/mol. The lowest BCUT2D eigenvalue weighted by atomic mass is 9.76. The number of carboxylic acid groups (broad SMARTS) is 1. The minimum atomic E-state index is -1.03. The van der Waals surface area contributed by atoms with Gasteiger partial charge in [-0.05, 0) is 54.9 Å². The third-order valence-corrected chi connectivity index (χ3v) is 6.58. The Morgan fingerprint density at radius 3 is 2.90 bits per heavy atom. The molecule has 7 heteroatoms. The van der Waals surface area contributed by atoms with Crippen molar-refractivity contribution in [3.8, 4) is 0 Å². The lowest BCUT2D eigenvalue weighted by Gasteiger charge is -2.27. The van der Waals surface area contributed by atoms with E-state index < -0.39 is 11.4 Å². The number of aromatic nitrogens is 2. The minimum absolute atomic E-state index is 0.117. The zero-order chi connectivity index (χ0) is 20.4. The monoisotopic (exact) mass is 401 g/mol. The Morgan fingerprint density at radius 1 is 1.34 bits per heavy atom. The predicted molar refractivity (Wildman–Crippen MR) is 107 cm³/mol. The Hall–Kier alpha value is -2.25. The second-order valence-corrected chi connectivity index (χ2v) is 8.23. The van der Waals surface area contributed by atoms with Crippen molar-refractivity contribution in [2.45, 2.75) is 44.1 Å². The molecule has 2 fully saturated rings. The summed E-state index contributed by atoms with van der Waals surface area (Å²) in [6.07, 6.45) is 5.65. The van der Waals surface area contributed by atoms with Gasteiger partial charge in [-0.15, -0.1) is 0 Å². The number of morpholine rings is 1. The van der Waals surface area contributed by atoms with Gasteiger partial charge in [-0.25, -0.2) is 4.39 Å². The number of nitrogens with zero attached hydrogens (tertiary/aromatic N) is 3. The molecule has 1 aliphatic heterocycles. The first kappa shape index (κ1) is 20.0. The van der Waals surface area contributed by atoms with E-state index >= 15 is 0 Å². The van der Waals surface area contributed by atoms with E-state index in [9.17, 15) is 14.3 Å². The first-order chi connectivity index (χ1) is 14.0. The first-order valence-electron chi connectivity index (χ1n) is 10.3. The molecule has 2 atom stereocenters. The predicted octanol–water partition coefficient (Wildman–Crippen LogP) is 2.95. The van der Waals surface area contributed by atoms with Crippen molar-refractivity contribution in [1.29, 1.82) is 0 Å². The number of aliphatic carboxylic acids is 1. The average Bonchev–Trinajstić information content (AvgIpc) is 3.37. The highest BCUT2D eigenvalue weighted by atomic mass is 19.1. The van der Waals surface area contributed by atoms with Crippen molar-refractivity contribution in [1.82, 2.24) is 14.7 Å². The van der Waals surface area contributed by atoms with Crippen LogP contribution >= 0.6 is 0 Å². The number of carbonyl (C=O) groups is 1. The zero-order valence-corrected chi connectivity index (χ0v) is 16.8. The van der Waals surface area contributed by atoms with Gasteiger partial charge >= 0.3 is 5.97 Å². The summed E-state index contributed by atoms with van der Waals surface area (Å²) in [5.41, 5.74) is 1.08. The van der Waals surface area contributed by atoms with Crippen LogP contribution in [0.2, 0.25) is 0 Å². The van der Waals surface area contributed by atoms with E-state index in [-0.39, 0.29) is 11.7 Å². The van der Waals surface area contributed by atoms with Crippen LogP contribution < -0.4 is 0 Å². The lowest BCUT2D eigenvalue weighted by Crippen LogP contribution is -2.38. The topological polar surface area (TPSA) is 67.6 Å². The molecule has 1 saturated carbocycles. The molecule has 0 unspecified atom stereocenters. The molecule has 0 spiro atoms. The Labute approximate surface area is 170 Å². The highest BCUT2D eigenvalue weighted by Gasteiger charge is 2.48. The first-order valence-corrected chi connectivity index (χ1v) is 10.3. The maximum atomic E-state index is 14.1. The van der Waals surface area contributed by atoms with Crippen LogP contribution in [-0.4, -0.2) is 58.6 Å². The third-order valence-electron chi connectivity index (χ3n) is 6.58. The van der Waals surface area contributed by atoms with Gasteiger partial charge in [0.05, 0.1) is 31.4 Å². The van der Waals surface area contributed by atoms with E-state index in [1.807, 2.05) is 17.1 Å². The number of ether oxygens (including phenoxy) is 1. The molecule has 0 bridgehead atoms. The summed E-state index contributed by atoms with van der Waals surface area (Å²) in [6.45, 7) is 6.87. The SMILES string of the molecule is Cc1c(F)cccc1[C@]1(C(=O)O)CC[C@@H](c2cnn(CCN3CCOCC3)c2)C1. The van der Waals surface area contributed by atoms with E-state index in [1.54, 1.807) is 19.1 Å².